The number of carbonyl (C=O) groups excluding carboxylic acids is 1. The zero-order valence-electron chi connectivity index (χ0n) is 17.9. The summed E-state index contributed by atoms with van der Waals surface area (Å²) >= 11 is 0. The topological polar surface area (TPSA) is 36.4 Å². The van der Waals surface area contributed by atoms with Crippen molar-refractivity contribution in [3.8, 4) is 0 Å². The molecule has 4 heteroatoms. The Morgan fingerprint density at radius 2 is 1.97 bits per heavy atom. The molecule has 2 bridgehead atoms. The van der Waals surface area contributed by atoms with E-state index in [0.29, 0.717) is 5.69 Å². The van der Waals surface area contributed by atoms with Crippen molar-refractivity contribution in [2.45, 2.75) is 56.9 Å². The highest BCUT2D eigenvalue weighted by Crippen LogP contribution is 2.51. The molecule has 3 unspecified atom stereocenters. The maximum absolute atomic E-state index is 13.3. The summed E-state index contributed by atoms with van der Waals surface area (Å²) in [5.74, 6) is 1.98. The molecule has 2 aliphatic carbocycles. The summed E-state index contributed by atoms with van der Waals surface area (Å²) in [6.45, 7) is 5.31. The minimum atomic E-state index is 0.0353. The van der Waals surface area contributed by atoms with Crippen molar-refractivity contribution in [2.75, 3.05) is 24.5 Å². The van der Waals surface area contributed by atoms with Crippen LogP contribution in [-0.4, -0.2) is 41.5 Å². The lowest BCUT2D eigenvalue weighted by Crippen LogP contribution is -2.50. The Bertz CT molecular complexity index is 963. The van der Waals surface area contributed by atoms with E-state index in [4.69, 9.17) is 0 Å². The van der Waals surface area contributed by atoms with Gasteiger partial charge >= 0.3 is 0 Å². The Morgan fingerprint density at radius 3 is 2.67 bits per heavy atom. The van der Waals surface area contributed by atoms with Gasteiger partial charge in [0.05, 0.1) is 0 Å². The van der Waals surface area contributed by atoms with Crippen LogP contribution in [0, 0.1) is 18.8 Å². The Labute approximate surface area is 179 Å². The first kappa shape index (κ1) is 18.6. The molecule has 2 saturated carbocycles. The number of piperidine rings is 1. The molecule has 1 amide bonds. The SMILES string of the molecule is Cc1ccc2c(c1)C1(CCN(C3CC4CCC3C4)CC1)CN2C(=O)c1ccccn1. The second-order valence-corrected chi connectivity index (χ2v) is 10.2. The summed E-state index contributed by atoms with van der Waals surface area (Å²) < 4.78 is 0. The van der Waals surface area contributed by atoms with Crippen molar-refractivity contribution in [1.82, 2.24) is 9.88 Å². The number of fused-ring (bicyclic) bond motifs is 4. The van der Waals surface area contributed by atoms with Gasteiger partial charge < -0.3 is 9.80 Å². The van der Waals surface area contributed by atoms with Gasteiger partial charge in [0.1, 0.15) is 5.69 Å². The highest BCUT2D eigenvalue weighted by atomic mass is 16.2. The molecule has 0 N–H and O–H groups in total. The number of anilines is 1. The molecule has 3 heterocycles. The minimum absolute atomic E-state index is 0.0353. The maximum Gasteiger partial charge on any atom is 0.276 e. The number of carbonyl (C=O) groups is 1. The van der Waals surface area contributed by atoms with Crippen LogP contribution in [-0.2, 0) is 5.41 Å². The normalized spacial score (nSPS) is 29.5. The van der Waals surface area contributed by atoms with Gasteiger partial charge in [0, 0.05) is 29.9 Å². The van der Waals surface area contributed by atoms with Crippen molar-refractivity contribution in [3.63, 3.8) is 0 Å². The number of pyridine rings is 1. The zero-order chi connectivity index (χ0) is 20.3. The number of rotatable bonds is 2. The van der Waals surface area contributed by atoms with Crippen molar-refractivity contribution in [3.05, 3.63) is 59.4 Å². The third kappa shape index (κ3) is 2.84. The monoisotopic (exact) mass is 401 g/mol. The van der Waals surface area contributed by atoms with Crippen LogP contribution in [0.25, 0.3) is 0 Å². The Morgan fingerprint density at radius 1 is 1.10 bits per heavy atom. The summed E-state index contributed by atoms with van der Waals surface area (Å²) in [4.78, 5) is 22.5. The van der Waals surface area contributed by atoms with E-state index in [0.717, 1.165) is 43.0 Å². The Hall–Kier alpha value is -2.20. The summed E-state index contributed by atoms with van der Waals surface area (Å²) in [6.07, 6.45) is 9.84. The van der Waals surface area contributed by atoms with Crippen LogP contribution in [0.3, 0.4) is 0 Å². The van der Waals surface area contributed by atoms with Gasteiger partial charge in [-0.1, -0.05) is 30.2 Å². The van der Waals surface area contributed by atoms with E-state index in [1.165, 1.54) is 49.9 Å². The lowest BCUT2D eigenvalue weighted by Gasteiger charge is -2.44. The number of nitrogens with zero attached hydrogens (tertiary/aromatic N) is 3. The maximum atomic E-state index is 13.3. The van der Waals surface area contributed by atoms with Crippen molar-refractivity contribution in [2.24, 2.45) is 11.8 Å². The average molecular weight is 402 g/mol. The number of likely N-dealkylation sites (tertiary alicyclic amines) is 1. The van der Waals surface area contributed by atoms with Crippen LogP contribution in [0.4, 0.5) is 5.69 Å². The van der Waals surface area contributed by atoms with Crippen LogP contribution in [0.5, 0.6) is 0 Å². The molecular formula is C26H31N3O. The quantitative estimate of drug-likeness (QED) is 0.739. The third-order valence-corrected chi connectivity index (χ3v) is 8.53. The smallest absolute Gasteiger partial charge is 0.276 e. The first-order chi connectivity index (χ1) is 14.6. The molecule has 4 nitrogen and oxygen atoms in total. The molecule has 1 aromatic heterocycles. The summed E-state index contributed by atoms with van der Waals surface area (Å²) in [6, 6.07) is 13.1. The fourth-order valence-electron chi connectivity index (χ4n) is 6.96. The predicted octanol–water partition coefficient (Wildman–Crippen LogP) is 4.57. The zero-order valence-corrected chi connectivity index (χ0v) is 17.9. The van der Waals surface area contributed by atoms with Gasteiger partial charge in [-0.2, -0.15) is 0 Å². The molecule has 1 spiro atoms. The second kappa shape index (κ2) is 6.91. The summed E-state index contributed by atoms with van der Waals surface area (Å²) in [7, 11) is 0. The van der Waals surface area contributed by atoms with Crippen LogP contribution >= 0.6 is 0 Å². The first-order valence-corrected chi connectivity index (χ1v) is 11.7. The predicted molar refractivity (Wildman–Crippen MR) is 119 cm³/mol. The molecule has 3 fully saturated rings. The number of aryl methyl sites for hydroxylation is 1. The molecule has 2 aliphatic heterocycles. The second-order valence-electron chi connectivity index (χ2n) is 10.2. The fourth-order valence-corrected chi connectivity index (χ4v) is 6.96. The van der Waals surface area contributed by atoms with Gasteiger partial charge in [-0.25, -0.2) is 0 Å². The number of hydrogen-bond acceptors (Lipinski definition) is 3. The third-order valence-electron chi connectivity index (χ3n) is 8.53. The fraction of sp³-hybridized carbons (Fsp3) is 0.538. The van der Waals surface area contributed by atoms with Crippen molar-refractivity contribution < 1.29 is 4.79 Å². The van der Waals surface area contributed by atoms with Gasteiger partial charge in [-0.15, -0.1) is 0 Å². The Kier molecular flexibility index (Phi) is 4.28. The van der Waals surface area contributed by atoms with E-state index in [1.54, 1.807) is 6.20 Å². The molecule has 3 atom stereocenters. The largest absolute Gasteiger partial charge is 0.306 e. The van der Waals surface area contributed by atoms with E-state index < -0.39 is 0 Å². The number of benzene rings is 1. The van der Waals surface area contributed by atoms with E-state index in [1.807, 2.05) is 23.1 Å². The van der Waals surface area contributed by atoms with E-state index >= 15 is 0 Å². The van der Waals surface area contributed by atoms with Gasteiger partial charge in [0.25, 0.3) is 5.91 Å². The van der Waals surface area contributed by atoms with E-state index in [2.05, 4.69) is 35.0 Å². The van der Waals surface area contributed by atoms with Gasteiger partial charge in [0.2, 0.25) is 0 Å². The molecular weight excluding hydrogens is 370 g/mol. The number of aromatic nitrogens is 1. The minimum Gasteiger partial charge on any atom is -0.306 e. The molecule has 30 heavy (non-hydrogen) atoms. The van der Waals surface area contributed by atoms with E-state index in [-0.39, 0.29) is 11.3 Å². The standard InChI is InChI=1S/C26H31N3O/c1-18-5-8-23-21(14-18)26(17-29(23)25(30)22-4-2-3-11-27-22)9-12-28(13-10-26)24-16-19-6-7-20(24)15-19/h2-5,8,11,14,19-20,24H,6-7,9-10,12-13,15-17H2,1H3. The highest BCUT2D eigenvalue weighted by molar-refractivity contribution is 6.06. The number of hydrogen-bond donors (Lipinski definition) is 0. The van der Waals surface area contributed by atoms with E-state index in [9.17, 15) is 4.79 Å². The lowest BCUT2D eigenvalue weighted by molar-refractivity contribution is 0.0846. The first-order valence-electron chi connectivity index (χ1n) is 11.7. The summed E-state index contributed by atoms with van der Waals surface area (Å²) in [5, 5.41) is 0. The molecule has 6 rings (SSSR count). The molecule has 2 aromatic rings. The van der Waals surface area contributed by atoms with Gasteiger partial charge in [-0.05, 0) is 87.7 Å². The van der Waals surface area contributed by atoms with Crippen LogP contribution in [0.1, 0.15) is 60.1 Å². The number of amides is 1. The average Bonchev–Trinajstić information content (AvgIpc) is 3.49. The molecule has 4 aliphatic rings. The van der Waals surface area contributed by atoms with Gasteiger partial charge in [-0.3, -0.25) is 9.78 Å². The summed E-state index contributed by atoms with van der Waals surface area (Å²) in [5.41, 5.74) is 4.42. The van der Waals surface area contributed by atoms with Gasteiger partial charge in [0.15, 0.2) is 0 Å². The van der Waals surface area contributed by atoms with Crippen LogP contribution in [0.15, 0.2) is 42.6 Å². The highest BCUT2D eigenvalue weighted by Gasteiger charge is 2.49. The van der Waals surface area contributed by atoms with Crippen molar-refractivity contribution >= 4 is 11.6 Å². The van der Waals surface area contributed by atoms with Crippen LogP contribution < -0.4 is 4.90 Å². The lowest BCUT2D eigenvalue weighted by atomic mass is 9.73. The Balaban J connectivity index is 1.27. The molecule has 156 valence electrons. The molecule has 1 saturated heterocycles. The molecule has 1 aromatic carbocycles. The molecule has 0 radical (unpaired) electrons. The van der Waals surface area contributed by atoms with Crippen molar-refractivity contribution in [1.29, 1.82) is 0 Å². The van der Waals surface area contributed by atoms with Crippen LogP contribution in [0.2, 0.25) is 0 Å².